The maximum Gasteiger partial charge on any atom is 0.258 e. The van der Waals surface area contributed by atoms with E-state index in [2.05, 4.69) is 24.1 Å². The van der Waals surface area contributed by atoms with Crippen LogP contribution in [0.4, 0.5) is 0 Å². The molecule has 7 nitrogen and oxygen atoms in total. The third-order valence-corrected chi connectivity index (χ3v) is 5.21. The molecule has 3 unspecified atom stereocenters. The maximum absolute atomic E-state index is 12.6. The number of nitrogens with zero attached hydrogens (tertiary/aromatic N) is 2. The number of amides is 2. The van der Waals surface area contributed by atoms with E-state index >= 15 is 0 Å². The molecule has 0 aromatic heterocycles. The second-order valence-electron chi connectivity index (χ2n) is 7.74. The van der Waals surface area contributed by atoms with Crippen LogP contribution in [0.1, 0.15) is 26.7 Å². The lowest BCUT2D eigenvalue weighted by Gasteiger charge is -2.38. The molecule has 1 aromatic carbocycles. The lowest BCUT2D eigenvalue weighted by atomic mass is 10.1. The summed E-state index contributed by atoms with van der Waals surface area (Å²) in [6.07, 6.45) is 2.46. The zero-order valence-corrected chi connectivity index (χ0v) is 16.8. The van der Waals surface area contributed by atoms with Crippen LogP contribution in [0, 0.1) is 0 Å². The number of ether oxygens (including phenoxy) is 2. The number of benzene rings is 1. The van der Waals surface area contributed by atoms with Crippen LogP contribution in [0.3, 0.4) is 0 Å². The highest BCUT2D eigenvalue weighted by molar-refractivity contribution is 5.85. The van der Waals surface area contributed by atoms with E-state index in [1.54, 1.807) is 12.1 Å². The van der Waals surface area contributed by atoms with E-state index < -0.39 is 0 Å². The summed E-state index contributed by atoms with van der Waals surface area (Å²) < 4.78 is 11.2. The first kappa shape index (κ1) is 20.6. The number of carbonyl (C=O) groups excluding carboxylic acids is 2. The van der Waals surface area contributed by atoms with Gasteiger partial charge in [0.15, 0.2) is 6.61 Å². The summed E-state index contributed by atoms with van der Waals surface area (Å²) in [5.41, 5.74) is 0. The van der Waals surface area contributed by atoms with Crippen molar-refractivity contribution in [3.8, 4) is 5.75 Å². The van der Waals surface area contributed by atoms with Gasteiger partial charge in [-0.05, 0) is 38.8 Å². The van der Waals surface area contributed by atoms with Gasteiger partial charge in [0.05, 0.1) is 18.8 Å². The largest absolute Gasteiger partial charge is 0.484 e. The topological polar surface area (TPSA) is 71.1 Å². The number of nitrogens with one attached hydrogen (secondary N) is 1. The first-order valence-electron chi connectivity index (χ1n) is 10.1. The minimum absolute atomic E-state index is 0.0173. The summed E-state index contributed by atoms with van der Waals surface area (Å²) in [5, 5.41) is 2.68. The third-order valence-electron chi connectivity index (χ3n) is 5.21. The van der Waals surface area contributed by atoms with Gasteiger partial charge in [-0.1, -0.05) is 18.2 Å². The highest BCUT2D eigenvalue weighted by atomic mass is 16.5. The Morgan fingerprint density at radius 1 is 1.18 bits per heavy atom. The predicted molar refractivity (Wildman–Crippen MR) is 106 cm³/mol. The average Bonchev–Trinajstić information content (AvgIpc) is 3.12. The van der Waals surface area contributed by atoms with E-state index in [1.807, 2.05) is 23.1 Å². The van der Waals surface area contributed by atoms with Crippen LogP contribution in [0.5, 0.6) is 5.75 Å². The van der Waals surface area contributed by atoms with Crippen molar-refractivity contribution < 1.29 is 19.1 Å². The monoisotopic (exact) mass is 389 g/mol. The molecule has 0 spiro atoms. The Kier molecular flexibility index (Phi) is 7.28. The molecular weight excluding hydrogens is 358 g/mol. The van der Waals surface area contributed by atoms with Crippen LogP contribution in [-0.2, 0) is 14.3 Å². The Morgan fingerprint density at radius 3 is 2.61 bits per heavy atom. The van der Waals surface area contributed by atoms with Crippen molar-refractivity contribution in [3.05, 3.63) is 30.3 Å². The quantitative estimate of drug-likeness (QED) is 0.761. The van der Waals surface area contributed by atoms with Gasteiger partial charge in [-0.15, -0.1) is 0 Å². The molecule has 154 valence electrons. The van der Waals surface area contributed by atoms with Crippen LogP contribution < -0.4 is 10.1 Å². The van der Waals surface area contributed by atoms with E-state index in [0.717, 1.165) is 39.0 Å². The number of hydrogen-bond acceptors (Lipinski definition) is 5. The molecule has 28 heavy (non-hydrogen) atoms. The summed E-state index contributed by atoms with van der Waals surface area (Å²) in [7, 11) is 0. The number of rotatable bonds is 7. The summed E-state index contributed by atoms with van der Waals surface area (Å²) in [6, 6.07) is 9.38. The van der Waals surface area contributed by atoms with E-state index in [9.17, 15) is 9.59 Å². The minimum atomic E-state index is -0.288. The highest BCUT2D eigenvalue weighted by Gasteiger charge is 2.32. The van der Waals surface area contributed by atoms with Crippen LogP contribution >= 0.6 is 0 Å². The zero-order chi connectivity index (χ0) is 19.9. The molecule has 7 heteroatoms. The fraction of sp³-hybridized carbons (Fsp3) is 0.619. The molecule has 1 N–H and O–H groups in total. The Balaban J connectivity index is 1.42. The Bertz CT molecular complexity index is 644. The molecule has 3 rings (SSSR count). The van der Waals surface area contributed by atoms with Crippen molar-refractivity contribution in [1.29, 1.82) is 0 Å². The van der Waals surface area contributed by atoms with Gasteiger partial charge in [-0.2, -0.15) is 0 Å². The van der Waals surface area contributed by atoms with E-state index in [4.69, 9.17) is 9.47 Å². The normalized spacial score (nSPS) is 25.5. The molecule has 2 saturated heterocycles. The minimum Gasteiger partial charge on any atom is -0.484 e. The SMILES string of the molecule is CC1CN(CC2CCCN2C(=O)CNC(=O)COc2ccccc2)CC(C)O1. The molecule has 3 atom stereocenters. The van der Waals surface area contributed by atoms with E-state index in [0.29, 0.717) is 5.75 Å². The van der Waals surface area contributed by atoms with Gasteiger partial charge in [0.2, 0.25) is 5.91 Å². The fourth-order valence-electron chi connectivity index (χ4n) is 4.08. The highest BCUT2D eigenvalue weighted by Crippen LogP contribution is 2.20. The number of likely N-dealkylation sites (tertiary alicyclic amines) is 1. The Labute approximate surface area is 167 Å². The van der Waals surface area contributed by atoms with Crippen molar-refractivity contribution in [2.24, 2.45) is 0 Å². The second kappa shape index (κ2) is 9.89. The van der Waals surface area contributed by atoms with Crippen molar-refractivity contribution in [1.82, 2.24) is 15.1 Å². The number of morpholine rings is 1. The van der Waals surface area contributed by atoms with Crippen LogP contribution in [-0.4, -0.2) is 79.2 Å². The van der Waals surface area contributed by atoms with Crippen LogP contribution in [0.25, 0.3) is 0 Å². The van der Waals surface area contributed by atoms with Gasteiger partial charge in [-0.25, -0.2) is 0 Å². The first-order valence-corrected chi connectivity index (χ1v) is 10.1. The molecule has 0 radical (unpaired) electrons. The molecule has 2 aliphatic heterocycles. The molecule has 2 heterocycles. The molecule has 1 aromatic rings. The third kappa shape index (κ3) is 5.94. The Hall–Kier alpha value is -2.12. The average molecular weight is 389 g/mol. The summed E-state index contributed by atoms with van der Waals surface area (Å²) in [6.45, 7) is 7.53. The number of para-hydroxylation sites is 1. The van der Waals surface area contributed by atoms with Crippen molar-refractivity contribution in [2.45, 2.75) is 44.9 Å². The summed E-state index contributed by atoms with van der Waals surface area (Å²) >= 11 is 0. The fourth-order valence-corrected chi connectivity index (χ4v) is 4.08. The number of hydrogen-bond donors (Lipinski definition) is 1. The predicted octanol–water partition coefficient (Wildman–Crippen LogP) is 1.28. The van der Waals surface area contributed by atoms with Crippen molar-refractivity contribution >= 4 is 11.8 Å². The van der Waals surface area contributed by atoms with Gasteiger partial charge in [0.25, 0.3) is 5.91 Å². The van der Waals surface area contributed by atoms with Crippen LogP contribution in [0.2, 0.25) is 0 Å². The maximum atomic E-state index is 12.6. The van der Waals surface area contributed by atoms with E-state index in [1.165, 1.54) is 0 Å². The molecule has 0 bridgehead atoms. The van der Waals surface area contributed by atoms with Crippen LogP contribution in [0.15, 0.2) is 30.3 Å². The molecule has 2 aliphatic rings. The standard InChI is InChI=1S/C21H31N3O4/c1-16-12-23(13-17(2)28-16)14-18-7-6-10-24(18)21(26)11-22-20(25)15-27-19-8-4-3-5-9-19/h3-5,8-9,16-18H,6-7,10-15H2,1-2H3,(H,22,25). The summed E-state index contributed by atoms with van der Waals surface area (Å²) in [4.78, 5) is 28.9. The van der Waals surface area contributed by atoms with Gasteiger partial charge in [0, 0.05) is 32.2 Å². The van der Waals surface area contributed by atoms with Gasteiger partial charge in [0.1, 0.15) is 5.75 Å². The zero-order valence-electron chi connectivity index (χ0n) is 16.8. The lowest BCUT2D eigenvalue weighted by Crippen LogP contribution is -2.52. The molecule has 2 fully saturated rings. The van der Waals surface area contributed by atoms with Gasteiger partial charge < -0.3 is 19.7 Å². The van der Waals surface area contributed by atoms with E-state index in [-0.39, 0.29) is 43.2 Å². The number of carbonyl (C=O) groups is 2. The van der Waals surface area contributed by atoms with Gasteiger partial charge in [-0.3, -0.25) is 14.5 Å². The lowest BCUT2D eigenvalue weighted by molar-refractivity contribution is -0.134. The summed E-state index contributed by atoms with van der Waals surface area (Å²) in [5.74, 6) is 0.325. The molecule has 2 amide bonds. The second-order valence-corrected chi connectivity index (χ2v) is 7.74. The Morgan fingerprint density at radius 2 is 1.89 bits per heavy atom. The molecular formula is C21H31N3O4. The molecule has 0 saturated carbocycles. The van der Waals surface area contributed by atoms with Crippen molar-refractivity contribution in [3.63, 3.8) is 0 Å². The smallest absolute Gasteiger partial charge is 0.258 e. The first-order chi connectivity index (χ1) is 13.5. The van der Waals surface area contributed by atoms with Crippen molar-refractivity contribution in [2.75, 3.05) is 39.3 Å². The molecule has 0 aliphatic carbocycles. The van der Waals surface area contributed by atoms with Gasteiger partial charge >= 0.3 is 0 Å².